The van der Waals surface area contributed by atoms with Gasteiger partial charge < -0.3 is 9.97 Å². The van der Waals surface area contributed by atoms with E-state index in [9.17, 15) is 51.9 Å². The number of aromatic nitrogens is 4. The van der Waals surface area contributed by atoms with Gasteiger partial charge in [-0.2, -0.15) is 33.7 Å². The van der Waals surface area contributed by atoms with Crippen molar-refractivity contribution in [3.8, 4) is 33.4 Å². The highest BCUT2D eigenvalue weighted by atomic mass is 32.2. The summed E-state index contributed by atoms with van der Waals surface area (Å²) in [6.07, 6.45) is 5.04. The van der Waals surface area contributed by atoms with Gasteiger partial charge >= 0.3 is 0 Å². The lowest BCUT2D eigenvalue weighted by Crippen LogP contribution is -2.03. The molecule has 0 radical (unpaired) electrons. The largest absolute Gasteiger partial charge is 0.355 e. The molecule has 2 aliphatic rings. The SMILES string of the molecule is O=S(=O)(O)c1ccc(-c2c(-c3cccc(S(=O)(=O)O)c3)c3cc4nc(cc5ccc(cc6nc(c(-c7cccc(S(=O)(=O)O)c7)c2[nH]3)C(c2ccccc2S(=O)(=O)O)=C6)[nH]5)C=C4)cc1. The molecule has 0 atom stereocenters. The molecule has 16 nitrogen and oxygen atoms in total. The minimum absolute atomic E-state index is 0.0100. The molecule has 0 unspecified atom stereocenters. The molecule has 4 aromatic carbocycles. The van der Waals surface area contributed by atoms with Crippen LogP contribution in [0.1, 0.15) is 28.3 Å². The van der Waals surface area contributed by atoms with Crippen LogP contribution in [0.4, 0.5) is 0 Å². The van der Waals surface area contributed by atoms with E-state index in [1.165, 1.54) is 66.7 Å². The second-order valence-corrected chi connectivity index (χ2v) is 20.2. The molecule has 20 heteroatoms. The first-order valence-corrected chi connectivity index (χ1v) is 24.5. The molecule has 64 heavy (non-hydrogen) atoms. The number of nitrogens with one attached hydrogen (secondary N) is 2. The Morgan fingerprint density at radius 2 is 1.00 bits per heavy atom. The standard InChI is InChI=1S/C44H30N4O12S4/c49-61(50,51)33-17-11-25(12-18-33)41-40(26-5-3-7-34(19-26)62(52,53)54)38-24-31-16-15-29(46-31)21-28-13-14-30(45-28)22-32-23-37(36-9-1-2-10-39(36)64(58,59)60)43(47-32)42(44(41)48-38)27-6-4-8-35(20-27)63(55,56)57/h1-24,45,48H,(H,49,50,51)(H,52,53,54)(H,55,56,57)(H,58,59,60). The zero-order valence-corrected chi connectivity index (χ0v) is 35.7. The summed E-state index contributed by atoms with van der Waals surface area (Å²) in [5.41, 5.74) is 3.92. The molecular weight excluding hydrogens is 905 g/mol. The Hall–Kier alpha value is -6.88. The lowest BCUT2D eigenvalue weighted by Gasteiger charge is -2.14. The topological polar surface area (TPSA) is 275 Å². The summed E-state index contributed by atoms with van der Waals surface area (Å²) in [5.74, 6) is 0. The molecule has 0 aliphatic carbocycles. The molecule has 6 N–H and O–H groups in total. The Bertz CT molecular complexity index is 3840. The normalized spacial score (nSPS) is 13.2. The highest BCUT2D eigenvalue weighted by Gasteiger charge is 2.29. The van der Waals surface area contributed by atoms with Crippen LogP contribution < -0.4 is 0 Å². The molecule has 3 aromatic heterocycles. The van der Waals surface area contributed by atoms with Gasteiger partial charge in [0.15, 0.2) is 0 Å². The lowest BCUT2D eigenvalue weighted by atomic mass is 9.91. The van der Waals surface area contributed by atoms with Gasteiger partial charge in [0.25, 0.3) is 40.5 Å². The van der Waals surface area contributed by atoms with E-state index in [-0.39, 0.29) is 66.9 Å². The number of rotatable bonds is 8. The van der Waals surface area contributed by atoms with Crippen molar-refractivity contribution in [2.75, 3.05) is 0 Å². The number of H-pyrrole nitrogens is 2. The third kappa shape index (κ3) is 8.22. The Morgan fingerprint density at radius 1 is 0.438 bits per heavy atom. The first-order chi connectivity index (χ1) is 30.2. The summed E-state index contributed by atoms with van der Waals surface area (Å²) in [5, 5.41) is 0. The van der Waals surface area contributed by atoms with Crippen molar-refractivity contribution in [3.05, 3.63) is 156 Å². The van der Waals surface area contributed by atoms with Gasteiger partial charge in [0.05, 0.1) is 43.0 Å². The predicted molar refractivity (Wildman–Crippen MR) is 239 cm³/mol. The molecule has 2 aliphatic heterocycles. The maximum Gasteiger partial charge on any atom is 0.295 e. The Morgan fingerprint density at radius 3 is 1.59 bits per heavy atom. The van der Waals surface area contributed by atoms with E-state index in [1.807, 2.05) is 0 Å². The first kappa shape index (κ1) is 42.4. The van der Waals surface area contributed by atoms with Crippen LogP contribution >= 0.6 is 0 Å². The highest BCUT2D eigenvalue weighted by Crippen LogP contribution is 2.47. The lowest BCUT2D eigenvalue weighted by molar-refractivity contribution is 0.480. The highest BCUT2D eigenvalue weighted by molar-refractivity contribution is 7.86. The Kier molecular flexibility index (Phi) is 10.2. The fraction of sp³-hybridized carbons (Fsp3) is 0. The van der Waals surface area contributed by atoms with E-state index in [2.05, 4.69) is 9.97 Å². The molecule has 5 heterocycles. The van der Waals surface area contributed by atoms with Gasteiger partial charge in [-0.3, -0.25) is 18.2 Å². The van der Waals surface area contributed by atoms with Crippen LogP contribution in [0.3, 0.4) is 0 Å². The fourth-order valence-electron chi connectivity index (χ4n) is 7.66. The second-order valence-electron chi connectivity index (χ2n) is 14.6. The van der Waals surface area contributed by atoms with Crippen molar-refractivity contribution in [2.24, 2.45) is 0 Å². The Labute approximate surface area is 365 Å². The number of hydrogen-bond acceptors (Lipinski definition) is 10. The van der Waals surface area contributed by atoms with Crippen LogP contribution in [0, 0.1) is 0 Å². The van der Waals surface area contributed by atoms with Crippen LogP contribution in [0.15, 0.2) is 147 Å². The summed E-state index contributed by atoms with van der Waals surface area (Å²) in [6.45, 7) is 0. The van der Waals surface area contributed by atoms with E-state index in [4.69, 9.17) is 9.97 Å². The van der Waals surface area contributed by atoms with Crippen molar-refractivity contribution < 1.29 is 51.9 Å². The number of hydrogen-bond donors (Lipinski definition) is 6. The van der Waals surface area contributed by atoms with Gasteiger partial charge in [0.2, 0.25) is 0 Å². The van der Waals surface area contributed by atoms with E-state index in [0.717, 1.165) is 24.3 Å². The van der Waals surface area contributed by atoms with Gasteiger partial charge in [0, 0.05) is 44.4 Å². The molecule has 0 amide bonds. The van der Waals surface area contributed by atoms with Crippen LogP contribution in [0.25, 0.3) is 79.2 Å². The molecule has 0 saturated heterocycles. The number of aromatic amines is 2. The van der Waals surface area contributed by atoms with Gasteiger partial charge in [-0.15, -0.1) is 0 Å². The predicted octanol–water partition coefficient (Wildman–Crippen LogP) is 8.06. The number of nitrogens with zero attached hydrogens (tertiary/aromatic N) is 2. The van der Waals surface area contributed by atoms with E-state index < -0.39 is 60.1 Å². The van der Waals surface area contributed by atoms with Crippen molar-refractivity contribution in [1.82, 2.24) is 19.9 Å². The molecule has 322 valence electrons. The van der Waals surface area contributed by atoms with Crippen molar-refractivity contribution in [1.29, 1.82) is 0 Å². The van der Waals surface area contributed by atoms with Crippen LogP contribution in [-0.2, 0) is 40.5 Å². The zero-order valence-electron chi connectivity index (χ0n) is 32.4. The van der Waals surface area contributed by atoms with Gasteiger partial charge in [-0.05, 0) is 108 Å². The monoisotopic (exact) mass is 934 g/mol. The zero-order chi connectivity index (χ0) is 45.3. The first-order valence-electron chi connectivity index (χ1n) is 18.7. The minimum Gasteiger partial charge on any atom is -0.355 e. The maximum absolute atomic E-state index is 13.0. The van der Waals surface area contributed by atoms with E-state index in [1.54, 1.807) is 54.6 Å². The molecule has 0 spiro atoms. The van der Waals surface area contributed by atoms with Crippen molar-refractivity contribution in [2.45, 2.75) is 19.6 Å². The van der Waals surface area contributed by atoms with Crippen molar-refractivity contribution >= 4 is 86.3 Å². The summed E-state index contributed by atoms with van der Waals surface area (Å²) in [6, 6.07) is 29.7. The number of benzene rings is 4. The van der Waals surface area contributed by atoms with E-state index >= 15 is 0 Å². The Balaban J connectivity index is 1.58. The average Bonchev–Trinajstić information content (AvgIpc) is 4.04. The third-order valence-electron chi connectivity index (χ3n) is 10.4. The van der Waals surface area contributed by atoms with Crippen LogP contribution in [-0.4, -0.2) is 71.8 Å². The maximum atomic E-state index is 13.0. The second kappa shape index (κ2) is 15.4. The quantitative estimate of drug-likeness (QED) is 0.0787. The van der Waals surface area contributed by atoms with Gasteiger partial charge in [-0.25, -0.2) is 9.97 Å². The van der Waals surface area contributed by atoms with Crippen molar-refractivity contribution in [3.63, 3.8) is 0 Å². The molecule has 7 aromatic rings. The van der Waals surface area contributed by atoms with Gasteiger partial charge in [0.1, 0.15) is 4.90 Å². The molecule has 0 fully saturated rings. The summed E-state index contributed by atoms with van der Waals surface area (Å²) in [4.78, 5) is 14.5. The van der Waals surface area contributed by atoms with Crippen LogP contribution in [0.2, 0.25) is 0 Å². The fourth-order valence-corrected chi connectivity index (χ4v) is 9.90. The summed E-state index contributed by atoms with van der Waals surface area (Å²) < 4.78 is 142. The van der Waals surface area contributed by atoms with Crippen LogP contribution in [0.5, 0.6) is 0 Å². The molecule has 0 saturated carbocycles. The third-order valence-corrected chi connectivity index (χ3v) is 13.8. The number of fused-ring (bicyclic) bond motifs is 8. The molecule has 8 bridgehead atoms. The summed E-state index contributed by atoms with van der Waals surface area (Å²) in [7, 11) is -19.3. The smallest absolute Gasteiger partial charge is 0.295 e. The molecule has 9 rings (SSSR count). The average molecular weight is 935 g/mol. The minimum atomic E-state index is -4.90. The van der Waals surface area contributed by atoms with E-state index in [0.29, 0.717) is 22.4 Å². The molecular formula is C44H30N4O12S4. The summed E-state index contributed by atoms with van der Waals surface area (Å²) >= 11 is 0. The van der Waals surface area contributed by atoms with Gasteiger partial charge in [-0.1, -0.05) is 54.6 Å².